The van der Waals surface area contributed by atoms with Crippen LogP contribution >= 0.6 is 0 Å². The SMILES string of the molecule is CCc1ccccc1NC(=O)CC(=O)Nc1cc(C)ccc1OC. The average molecular weight is 326 g/mol. The highest BCUT2D eigenvalue weighted by atomic mass is 16.5. The summed E-state index contributed by atoms with van der Waals surface area (Å²) in [5, 5.41) is 5.51. The van der Waals surface area contributed by atoms with Gasteiger partial charge in [0, 0.05) is 5.69 Å². The zero-order chi connectivity index (χ0) is 17.5. The molecular formula is C19H22N2O3. The molecule has 0 aliphatic carbocycles. The number of ether oxygens (including phenoxy) is 1. The van der Waals surface area contributed by atoms with E-state index in [2.05, 4.69) is 10.6 Å². The second-order valence-electron chi connectivity index (χ2n) is 5.49. The first-order valence-corrected chi connectivity index (χ1v) is 7.85. The van der Waals surface area contributed by atoms with Gasteiger partial charge in [-0.25, -0.2) is 0 Å². The van der Waals surface area contributed by atoms with Crippen molar-refractivity contribution in [2.24, 2.45) is 0 Å². The van der Waals surface area contributed by atoms with Gasteiger partial charge >= 0.3 is 0 Å². The third kappa shape index (κ3) is 4.59. The number of carbonyl (C=O) groups excluding carboxylic acids is 2. The Morgan fingerprint density at radius 1 is 1.00 bits per heavy atom. The van der Waals surface area contributed by atoms with E-state index in [1.165, 1.54) is 7.11 Å². The Labute approximate surface area is 142 Å². The van der Waals surface area contributed by atoms with Crippen LogP contribution in [0.2, 0.25) is 0 Å². The number of benzene rings is 2. The Morgan fingerprint density at radius 2 is 1.67 bits per heavy atom. The van der Waals surface area contributed by atoms with Gasteiger partial charge in [0.05, 0.1) is 12.8 Å². The Hall–Kier alpha value is -2.82. The number of methoxy groups -OCH3 is 1. The molecule has 0 saturated heterocycles. The second kappa shape index (κ2) is 8.15. The number of hydrogen-bond acceptors (Lipinski definition) is 3. The predicted molar refractivity (Wildman–Crippen MR) is 95.4 cm³/mol. The lowest BCUT2D eigenvalue weighted by atomic mass is 10.1. The topological polar surface area (TPSA) is 67.4 Å². The molecule has 5 heteroatoms. The lowest BCUT2D eigenvalue weighted by Crippen LogP contribution is -2.22. The quantitative estimate of drug-likeness (QED) is 0.798. The van der Waals surface area contributed by atoms with Crippen LogP contribution in [0, 0.1) is 6.92 Å². The number of para-hydroxylation sites is 1. The van der Waals surface area contributed by atoms with Crippen LogP contribution in [0.25, 0.3) is 0 Å². The third-order valence-corrected chi connectivity index (χ3v) is 3.62. The maximum absolute atomic E-state index is 12.1. The van der Waals surface area contributed by atoms with Crippen molar-refractivity contribution in [1.29, 1.82) is 0 Å². The second-order valence-corrected chi connectivity index (χ2v) is 5.49. The molecule has 0 aliphatic rings. The highest BCUT2D eigenvalue weighted by Crippen LogP contribution is 2.25. The molecule has 2 N–H and O–H groups in total. The highest BCUT2D eigenvalue weighted by molar-refractivity contribution is 6.08. The number of aryl methyl sites for hydroxylation is 2. The van der Waals surface area contributed by atoms with Crippen molar-refractivity contribution >= 4 is 23.2 Å². The minimum Gasteiger partial charge on any atom is -0.495 e. The number of carbonyl (C=O) groups is 2. The van der Waals surface area contributed by atoms with E-state index < -0.39 is 0 Å². The van der Waals surface area contributed by atoms with Crippen LogP contribution in [0.3, 0.4) is 0 Å². The van der Waals surface area contributed by atoms with E-state index in [-0.39, 0.29) is 18.2 Å². The predicted octanol–water partition coefficient (Wildman–Crippen LogP) is 3.53. The molecule has 0 unspecified atom stereocenters. The minimum atomic E-state index is -0.384. The molecule has 126 valence electrons. The fourth-order valence-corrected chi connectivity index (χ4v) is 2.40. The number of hydrogen-bond donors (Lipinski definition) is 2. The van der Waals surface area contributed by atoms with E-state index in [1.807, 2.05) is 44.2 Å². The molecule has 0 spiro atoms. The van der Waals surface area contributed by atoms with E-state index in [0.717, 1.165) is 23.2 Å². The van der Waals surface area contributed by atoms with E-state index in [0.29, 0.717) is 11.4 Å². The summed E-state index contributed by atoms with van der Waals surface area (Å²) < 4.78 is 5.22. The fourth-order valence-electron chi connectivity index (χ4n) is 2.40. The van der Waals surface area contributed by atoms with Crippen LogP contribution in [0.15, 0.2) is 42.5 Å². The molecule has 2 rings (SSSR count). The summed E-state index contributed by atoms with van der Waals surface area (Å²) in [5.41, 5.74) is 3.33. The molecule has 0 heterocycles. The summed E-state index contributed by atoms with van der Waals surface area (Å²) in [6, 6.07) is 13.0. The summed E-state index contributed by atoms with van der Waals surface area (Å²) in [7, 11) is 1.54. The molecule has 0 atom stereocenters. The van der Waals surface area contributed by atoms with Crippen molar-refractivity contribution in [3.05, 3.63) is 53.6 Å². The smallest absolute Gasteiger partial charge is 0.233 e. The number of anilines is 2. The largest absolute Gasteiger partial charge is 0.495 e. The normalized spacial score (nSPS) is 10.1. The Morgan fingerprint density at radius 3 is 2.33 bits per heavy atom. The van der Waals surface area contributed by atoms with E-state index in [1.54, 1.807) is 12.1 Å². The van der Waals surface area contributed by atoms with Crippen molar-refractivity contribution in [1.82, 2.24) is 0 Å². The van der Waals surface area contributed by atoms with Gasteiger partial charge < -0.3 is 15.4 Å². The Bertz CT molecular complexity index is 741. The van der Waals surface area contributed by atoms with Crippen molar-refractivity contribution in [2.75, 3.05) is 17.7 Å². The molecule has 0 aliphatic heterocycles. The maximum Gasteiger partial charge on any atom is 0.233 e. The minimum absolute atomic E-state index is 0.255. The molecule has 5 nitrogen and oxygen atoms in total. The summed E-state index contributed by atoms with van der Waals surface area (Å²) in [6.07, 6.45) is 0.554. The van der Waals surface area contributed by atoms with Gasteiger partial charge in [0.25, 0.3) is 0 Å². The fraction of sp³-hybridized carbons (Fsp3) is 0.263. The van der Waals surface area contributed by atoms with Gasteiger partial charge in [0.2, 0.25) is 11.8 Å². The summed E-state index contributed by atoms with van der Waals surface area (Å²) in [4.78, 5) is 24.2. The molecule has 0 radical (unpaired) electrons. The van der Waals surface area contributed by atoms with Crippen LogP contribution in [-0.4, -0.2) is 18.9 Å². The third-order valence-electron chi connectivity index (χ3n) is 3.62. The molecule has 0 fully saturated rings. The molecule has 24 heavy (non-hydrogen) atoms. The van der Waals surface area contributed by atoms with E-state index in [9.17, 15) is 9.59 Å². The van der Waals surface area contributed by atoms with Gasteiger partial charge in [-0.1, -0.05) is 31.2 Å². The summed E-state index contributed by atoms with van der Waals surface area (Å²) in [6.45, 7) is 3.94. The Kier molecular flexibility index (Phi) is 5.95. The monoisotopic (exact) mass is 326 g/mol. The van der Waals surface area contributed by atoms with Gasteiger partial charge in [-0.05, 0) is 42.7 Å². The van der Waals surface area contributed by atoms with Crippen LogP contribution in [0.4, 0.5) is 11.4 Å². The average Bonchev–Trinajstić information content (AvgIpc) is 2.55. The number of amides is 2. The van der Waals surface area contributed by atoms with Crippen molar-refractivity contribution < 1.29 is 14.3 Å². The van der Waals surface area contributed by atoms with Gasteiger partial charge in [-0.3, -0.25) is 9.59 Å². The summed E-state index contributed by atoms with van der Waals surface area (Å²) in [5.74, 6) is -0.170. The highest BCUT2D eigenvalue weighted by Gasteiger charge is 2.13. The zero-order valence-corrected chi connectivity index (χ0v) is 14.2. The molecule has 0 aromatic heterocycles. The molecular weight excluding hydrogens is 304 g/mol. The van der Waals surface area contributed by atoms with Crippen molar-refractivity contribution in [3.63, 3.8) is 0 Å². The molecule has 0 saturated carbocycles. The maximum atomic E-state index is 12.1. The lowest BCUT2D eigenvalue weighted by molar-refractivity contribution is -0.123. The van der Waals surface area contributed by atoms with Gasteiger partial charge in [0.1, 0.15) is 12.2 Å². The van der Waals surface area contributed by atoms with Gasteiger partial charge in [-0.15, -0.1) is 0 Å². The first kappa shape index (κ1) is 17.5. The van der Waals surface area contributed by atoms with Crippen LogP contribution in [0.5, 0.6) is 5.75 Å². The van der Waals surface area contributed by atoms with Crippen molar-refractivity contribution in [2.45, 2.75) is 26.7 Å². The van der Waals surface area contributed by atoms with E-state index in [4.69, 9.17) is 4.74 Å². The molecule has 2 aromatic carbocycles. The van der Waals surface area contributed by atoms with Crippen molar-refractivity contribution in [3.8, 4) is 5.75 Å². The number of rotatable bonds is 6. The van der Waals surface area contributed by atoms with E-state index >= 15 is 0 Å². The van der Waals surface area contributed by atoms with Crippen LogP contribution < -0.4 is 15.4 Å². The first-order valence-electron chi connectivity index (χ1n) is 7.85. The zero-order valence-electron chi connectivity index (χ0n) is 14.2. The van der Waals surface area contributed by atoms with Crippen LogP contribution in [-0.2, 0) is 16.0 Å². The van der Waals surface area contributed by atoms with Gasteiger partial charge in [-0.2, -0.15) is 0 Å². The molecule has 2 aromatic rings. The lowest BCUT2D eigenvalue weighted by Gasteiger charge is -2.12. The standard InChI is InChI=1S/C19H22N2O3/c1-4-14-7-5-6-8-15(14)20-18(22)12-19(23)21-16-11-13(2)9-10-17(16)24-3/h5-11H,4,12H2,1-3H3,(H,20,22)(H,21,23). The summed E-state index contributed by atoms with van der Waals surface area (Å²) >= 11 is 0. The molecule has 0 bridgehead atoms. The number of nitrogens with one attached hydrogen (secondary N) is 2. The first-order chi connectivity index (χ1) is 11.5. The van der Waals surface area contributed by atoms with Crippen LogP contribution in [0.1, 0.15) is 24.5 Å². The van der Waals surface area contributed by atoms with Gasteiger partial charge in [0.15, 0.2) is 0 Å². The Balaban J connectivity index is 1.99. The molecule has 2 amide bonds.